The number of aromatic nitrogens is 3. The zero-order chi connectivity index (χ0) is 13.1. The van der Waals surface area contributed by atoms with Crippen LogP contribution in [0.25, 0.3) is 0 Å². The molecule has 2 aromatic heterocycles. The van der Waals surface area contributed by atoms with Crippen LogP contribution < -0.4 is 0 Å². The highest BCUT2D eigenvalue weighted by Crippen LogP contribution is 2.22. The number of halogens is 2. The van der Waals surface area contributed by atoms with E-state index in [0.29, 0.717) is 5.16 Å². The van der Waals surface area contributed by atoms with Crippen LogP contribution in [0, 0.1) is 6.92 Å². The van der Waals surface area contributed by atoms with Crippen LogP contribution in [0.2, 0.25) is 0 Å². The molecule has 96 valence electrons. The summed E-state index contributed by atoms with van der Waals surface area (Å²) in [7, 11) is 0. The molecule has 0 atom stereocenters. The number of thiophene rings is 1. The molecule has 0 radical (unpaired) electrons. The average molecular weight is 288 g/mol. The monoisotopic (exact) mass is 288 g/mol. The number of hydrogen-bond acceptors (Lipinski definition) is 5. The van der Waals surface area contributed by atoms with Crippen molar-refractivity contribution in [1.82, 2.24) is 14.9 Å². The van der Waals surface area contributed by atoms with E-state index in [-0.39, 0.29) is 0 Å². The van der Waals surface area contributed by atoms with E-state index in [9.17, 15) is 8.78 Å². The molecule has 2 aromatic rings. The third-order valence-corrected chi connectivity index (χ3v) is 3.78. The predicted molar refractivity (Wildman–Crippen MR) is 68.8 cm³/mol. The summed E-state index contributed by atoms with van der Waals surface area (Å²) in [6, 6.07) is 1.95. The van der Waals surface area contributed by atoms with E-state index in [2.05, 4.69) is 15.3 Å². The zero-order valence-corrected chi connectivity index (χ0v) is 11.3. The lowest BCUT2D eigenvalue weighted by molar-refractivity contribution is 0.135. The van der Waals surface area contributed by atoms with Crippen molar-refractivity contribution in [2.24, 2.45) is 5.10 Å². The van der Waals surface area contributed by atoms with Crippen LogP contribution in [-0.2, 0) is 0 Å². The lowest BCUT2D eigenvalue weighted by Crippen LogP contribution is -2.00. The molecule has 0 amide bonds. The van der Waals surface area contributed by atoms with Crippen LogP contribution >= 0.6 is 23.1 Å². The van der Waals surface area contributed by atoms with Gasteiger partial charge in [0.15, 0.2) is 0 Å². The molecule has 0 saturated carbocycles. The summed E-state index contributed by atoms with van der Waals surface area (Å²) in [6.07, 6.45) is 0.594. The fourth-order valence-corrected chi connectivity index (χ4v) is 2.49. The molecule has 18 heavy (non-hydrogen) atoms. The minimum atomic E-state index is -2.69. The Kier molecular flexibility index (Phi) is 4.07. The topological polar surface area (TPSA) is 43.1 Å². The molecule has 2 rings (SSSR count). The van der Waals surface area contributed by atoms with Gasteiger partial charge in [0.2, 0.25) is 11.0 Å². The van der Waals surface area contributed by atoms with E-state index in [1.54, 1.807) is 12.5 Å². The van der Waals surface area contributed by atoms with Crippen molar-refractivity contribution in [2.75, 3.05) is 6.26 Å². The molecule has 0 fully saturated rings. The second kappa shape index (κ2) is 5.57. The summed E-state index contributed by atoms with van der Waals surface area (Å²) in [4.78, 5) is 0.927. The lowest BCUT2D eigenvalue weighted by Gasteiger charge is -2.01. The Hall–Kier alpha value is -1.28. The van der Waals surface area contributed by atoms with Crippen molar-refractivity contribution in [2.45, 2.75) is 18.5 Å². The average Bonchev–Trinajstić information content (AvgIpc) is 2.92. The van der Waals surface area contributed by atoms with Gasteiger partial charge in [-0.2, -0.15) is 9.78 Å². The zero-order valence-electron chi connectivity index (χ0n) is 9.67. The molecule has 8 heteroatoms. The standard InChI is InChI=1S/C10H10F2N4S2/c1-6-3-4-18-7(6)5-13-16-9(8(11)12)14-15-10(16)17-2/h3-5,8H,1-2H3. The Balaban J connectivity index is 2.35. The molecule has 0 aliphatic carbocycles. The van der Waals surface area contributed by atoms with E-state index in [1.165, 1.54) is 23.1 Å². The first-order valence-electron chi connectivity index (χ1n) is 4.99. The Bertz CT molecular complexity index is 562. The first-order valence-corrected chi connectivity index (χ1v) is 7.10. The van der Waals surface area contributed by atoms with Crippen molar-refractivity contribution in [1.29, 1.82) is 0 Å². The Morgan fingerprint density at radius 3 is 2.83 bits per heavy atom. The van der Waals surface area contributed by atoms with E-state index in [4.69, 9.17) is 0 Å². The fourth-order valence-electron chi connectivity index (χ4n) is 1.28. The minimum absolute atomic E-state index is 0.343. The van der Waals surface area contributed by atoms with Gasteiger partial charge in [-0.25, -0.2) is 8.78 Å². The second-order valence-corrected chi connectivity index (χ2v) is 5.09. The van der Waals surface area contributed by atoms with E-state index < -0.39 is 12.2 Å². The van der Waals surface area contributed by atoms with Gasteiger partial charge in [0, 0.05) is 0 Å². The molecule has 4 nitrogen and oxygen atoms in total. The predicted octanol–water partition coefficient (Wildman–Crippen LogP) is 3.19. The number of nitrogens with zero attached hydrogens (tertiary/aromatic N) is 4. The Morgan fingerprint density at radius 1 is 1.50 bits per heavy atom. The number of aryl methyl sites for hydroxylation is 1. The van der Waals surface area contributed by atoms with Gasteiger partial charge in [-0.3, -0.25) is 0 Å². The third-order valence-electron chi connectivity index (χ3n) is 2.21. The highest BCUT2D eigenvalue weighted by atomic mass is 32.2. The highest BCUT2D eigenvalue weighted by Gasteiger charge is 2.19. The Morgan fingerprint density at radius 2 is 2.28 bits per heavy atom. The summed E-state index contributed by atoms with van der Waals surface area (Å²) in [6.45, 7) is 1.94. The third kappa shape index (κ3) is 2.59. The largest absolute Gasteiger partial charge is 0.299 e. The number of alkyl halides is 2. The summed E-state index contributed by atoms with van der Waals surface area (Å²) in [5.74, 6) is -0.440. The Labute approximate surface area is 111 Å². The highest BCUT2D eigenvalue weighted by molar-refractivity contribution is 7.98. The molecule has 0 aromatic carbocycles. The van der Waals surface area contributed by atoms with Crippen LogP contribution in [0.4, 0.5) is 8.78 Å². The van der Waals surface area contributed by atoms with Crippen molar-refractivity contribution in [3.05, 3.63) is 27.7 Å². The summed E-state index contributed by atoms with van der Waals surface area (Å²) >= 11 is 2.72. The van der Waals surface area contributed by atoms with Gasteiger partial charge in [0.1, 0.15) is 0 Å². The first kappa shape index (κ1) is 13.2. The quantitative estimate of drug-likeness (QED) is 0.641. The van der Waals surface area contributed by atoms with E-state index >= 15 is 0 Å². The summed E-state index contributed by atoms with van der Waals surface area (Å²) in [5.41, 5.74) is 1.06. The molecule has 0 aliphatic rings. The van der Waals surface area contributed by atoms with Crippen LogP contribution in [0.3, 0.4) is 0 Å². The van der Waals surface area contributed by atoms with Crippen molar-refractivity contribution in [3.8, 4) is 0 Å². The molecule has 2 heterocycles. The molecule has 0 aliphatic heterocycles. The number of rotatable bonds is 4. The lowest BCUT2D eigenvalue weighted by atomic mass is 10.3. The maximum atomic E-state index is 12.7. The van der Waals surface area contributed by atoms with Gasteiger partial charge < -0.3 is 0 Å². The van der Waals surface area contributed by atoms with Gasteiger partial charge in [-0.15, -0.1) is 21.5 Å². The van der Waals surface area contributed by atoms with Crippen LogP contribution in [0.15, 0.2) is 21.7 Å². The van der Waals surface area contributed by atoms with Crippen molar-refractivity contribution in [3.63, 3.8) is 0 Å². The summed E-state index contributed by atoms with van der Waals surface area (Å²) < 4.78 is 26.5. The van der Waals surface area contributed by atoms with Gasteiger partial charge in [0.25, 0.3) is 6.43 Å². The van der Waals surface area contributed by atoms with Crippen LogP contribution in [0.5, 0.6) is 0 Å². The molecule has 0 saturated heterocycles. The number of hydrogen-bond donors (Lipinski definition) is 0. The molecule has 0 spiro atoms. The van der Waals surface area contributed by atoms with Crippen molar-refractivity contribution >= 4 is 29.3 Å². The smallest absolute Gasteiger partial charge is 0.201 e. The van der Waals surface area contributed by atoms with Gasteiger partial charge in [0.05, 0.1) is 11.1 Å². The van der Waals surface area contributed by atoms with Crippen molar-refractivity contribution < 1.29 is 8.78 Å². The second-order valence-electron chi connectivity index (χ2n) is 3.37. The molecule has 0 N–H and O–H groups in total. The SMILES string of the molecule is CSc1nnc(C(F)F)n1N=Cc1sccc1C. The summed E-state index contributed by atoms with van der Waals surface area (Å²) in [5, 5.41) is 13.4. The molecule has 0 unspecified atom stereocenters. The van der Waals surface area contributed by atoms with Gasteiger partial charge in [-0.05, 0) is 30.2 Å². The first-order chi connectivity index (χ1) is 8.63. The number of thioether (sulfide) groups is 1. The maximum absolute atomic E-state index is 12.7. The van der Waals surface area contributed by atoms with Crippen LogP contribution in [0.1, 0.15) is 22.7 Å². The van der Waals surface area contributed by atoms with E-state index in [1.807, 2.05) is 18.4 Å². The van der Waals surface area contributed by atoms with Gasteiger partial charge >= 0.3 is 0 Å². The fraction of sp³-hybridized carbons (Fsp3) is 0.300. The van der Waals surface area contributed by atoms with Gasteiger partial charge in [-0.1, -0.05) is 11.8 Å². The van der Waals surface area contributed by atoms with Crippen LogP contribution in [-0.4, -0.2) is 27.3 Å². The molecular formula is C10H10F2N4S2. The molecular weight excluding hydrogens is 278 g/mol. The minimum Gasteiger partial charge on any atom is -0.201 e. The molecule has 0 bridgehead atoms. The van der Waals surface area contributed by atoms with E-state index in [0.717, 1.165) is 15.1 Å². The maximum Gasteiger partial charge on any atom is 0.299 e. The normalized spacial score (nSPS) is 11.8.